The van der Waals surface area contributed by atoms with Gasteiger partial charge in [0.2, 0.25) is 0 Å². The Labute approximate surface area is 261 Å². The molecule has 7 nitrogen and oxygen atoms in total. The number of carbonyl (C=O) groups excluding carboxylic acids is 3. The molecule has 4 aromatic carbocycles. The first kappa shape index (κ1) is 29.1. The third kappa shape index (κ3) is 5.84. The molecular weight excluding hydrogens is 631 g/mol. The SMILES string of the molecule is O=C(N[C@H]1C(=O)N2[C@@H]1OC[C@@](CCl)([Se]c1ccccc1)[C@@H]2C(=O)OC(c1ccccc1)c1ccccc1)c1ccccc1. The summed E-state index contributed by atoms with van der Waals surface area (Å²) in [4.78, 5) is 42.5. The normalized spacial score (nSPS) is 22.8. The fraction of sp³-hybridized carbons (Fsp3) is 0.206. The maximum absolute atomic E-state index is 14.4. The molecule has 0 saturated carbocycles. The quantitative estimate of drug-likeness (QED) is 0.127. The van der Waals surface area contributed by atoms with E-state index in [-0.39, 0.29) is 27.4 Å². The Morgan fingerprint density at radius 3 is 1.98 bits per heavy atom. The fourth-order valence-electron chi connectivity index (χ4n) is 5.48. The summed E-state index contributed by atoms with van der Waals surface area (Å²) in [7, 11) is 0. The maximum atomic E-state index is 14.4. The monoisotopic (exact) mass is 660 g/mol. The molecule has 0 spiro atoms. The van der Waals surface area contributed by atoms with Crippen LogP contribution in [0, 0.1) is 0 Å². The number of hydrogen-bond acceptors (Lipinski definition) is 5. The van der Waals surface area contributed by atoms with E-state index < -0.39 is 46.5 Å². The molecule has 2 fully saturated rings. The van der Waals surface area contributed by atoms with Crippen LogP contribution in [0.3, 0.4) is 0 Å². The Hall–Kier alpha value is -3.94. The van der Waals surface area contributed by atoms with Gasteiger partial charge in [0.25, 0.3) is 0 Å². The van der Waals surface area contributed by atoms with Gasteiger partial charge in [-0.3, -0.25) is 0 Å². The Morgan fingerprint density at radius 2 is 1.42 bits per heavy atom. The molecule has 218 valence electrons. The summed E-state index contributed by atoms with van der Waals surface area (Å²) < 4.78 is 12.7. The summed E-state index contributed by atoms with van der Waals surface area (Å²) in [6, 6.07) is 35.5. The van der Waals surface area contributed by atoms with Crippen LogP contribution in [0.5, 0.6) is 0 Å². The van der Waals surface area contributed by atoms with Gasteiger partial charge in [-0.2, -0.15) is 0 Å². The van der Waals surface area contributed by atoms with Crippen LogP contribution < -0.4 is 9.78 Å². The molecule has 4 aromatic rings. The molecule has 9 heteroatoms. The van der Waals surface area contributed by atoms with E-state index in [4.69, 9.17) is 21.1 Å². The molecule has 0 unspecified atom stereocenters. The summed E-state index contributed by atoms with van der Waals surface area (Å²) in [6.45, 7) is 0.124. The number of hydrogen-bond donors (Lipinski definition) is 1. The number of rotatable bonds is 9. The molecule has 0 aliphatic carbocycles. The predicted molar refractivity (Wildman–Crippen MR) is 164 cm³/mol. The molecule has 2 saturated heterocycles. The third-order valence-corrected chi connectivity index (χ3v) is 11.4. The van der Waals surface area contributed by atoms with Gasteiger partial charge in [-0.05, 0) is 0 Å². The average Bonchev–Trinajstić information content (AvgIpc) is 3.07. The van der Waals surface area contributed by atoms with E-state index in [0.717, 1.165) is 15.6 Å². The molecule has 2 amide bonds. The van der Waals surface area contributed by atoms with Gasteiger partial charge in [0.15, 0.2) is 0 Å². The molecular formula is C34H29ClN2O5Se. The molecule has 0 aromatic heterocycles. The van der Waals surface area contributed by atoms with E-state index in [9.17, 15) is 14.4 Å². The summed E-state index contributed by atoms with van der Waals surface area (Å²) in [5.74, 6) is -1.30. The molecule has 43 heavy (non-hydrogen) atoms. The Kier molecular flexibility index (Phi) is 8.63. The van der Waals surface area contributed by atoms with Gasteiger partial charge in [0, 0.05) is 0 Å². The number of benzene rings is 4. The van der Waals surface area contributed by atoms with Crippen molar-refractivity contribution < 1.29 is 23.9 Å². The van der Waals surface area contributed by atoms with Crippen molar-refractivity contribution in [3.05, 3.63) is 138 Å². The Morgan fingerprint density at radius 1 is 0.884 bits per heavy atom. The van der Waals surface area contributed by atoms with Crippen molar-refractivity contribution in [2.75, 3.05) is 12.5 Å². The van der Waals surface area contributed by atoms with Gasteiger partial charge in [-0.15, -0.1) is 0 Å². The van der Waals surface area contributed by atoms with Crippen molar-refractivity contribution in [1.29, 1.82) is 0 Å². The summed E-state index contributed by atoms with van der Waals surface area (Å²) in [5, 5.41) is 2.79. The zero-order valence-corrected chi connectivity index (χ0v) is 25.5. The average molecular weight is 660 g/mol. The standard InChI is InChI=1S/C34H29ClN2O5Se/c35-21-34(43-26-19-11-4-12-20-26)22-41-32-27(36-30(38)25-17-9-3-10-18-25)31(39)37(32)29(34)33(40)42-28(23-13-5-1-6-14-23)24-15-7-2-8-16-24/h1-20,27-29,32H,21-22H2,(H,36,38)/t27-,29-,32+,34+/m0/s1. The van der Waals surface area contributed by atoms with E-state index in [1.54, 1.807) is 24.3 Å². The first-order valence-corrected chi connectivity index (χ1v) is 16.2. The number of carbonyl (C=O) groups is 3. The second-order valence-electron chi connectivity index (χ2n) is 10.4. The second-order valence-corrected chi connectivity index (χ2v) is 13.8. The van der Waals surface area contributed by atoms with Crippen LogP contribution in [0.4, 0.5) is 0 Å². The number of alkyl halides is 1. The number of ether oxygens (including phenoxy) is 2. The number of halogens is 1. The van der Waals surface area contributed by atoms with Crippen molar-refractivity contribution in [2.45, 2.75) is 28.7 Å². The molecule has 0 bridgehead atoms. The minimum absolute atomic E-state index is 0.0700. The number of β-lactam (4-membered cyclic amide) rings is 1. The zero-order chi connectivity index (χ0) is 29.8. The first-order valence-electron chi connectivity index (χ1n) is 13.9. The molecule has 0 radical (unpaired) electrons. The minimum atomic E-state index is -1.02. The number of nitrogens with zero attached hydrogens (tertiary/aromatic N) is 1. The van der Waals surface area contributed by atoms with Crippen molar-refractivity contribution in [1.82, 2.24) is 10.2 Å². The van der Waals surface area contributed by atoms with E-state index in [0.29, 0.717) is 5.56 Å². The van der Waals surface area contributed by atoms with E-state index in [1.165, 1.54) is 4.90 Å². The van der Waals surface area contributed by atoms with Crippen LogP contribution in [0.15, 0.2) is 121 Å². The van der Waals surface area contributed by atoms with Crippen molar-refractivity contribution in [3.63, 3.8) is 0 Å². The first-order chi connectivity index (χ1) is 21.0. The molecule has 2 heterocycles. The van der Waals surface area contributed by atoms with Crippen LogP contribution in [-0.2, 0) is 19.1 Å². The Bertz CT molecular complexity index is 1540. The van der Waals surface area contributed by atoms with Crippen LogP contribution in [0.1, 0.15) is 27.6 Å². The molecule has 2 aliphatic heterocycles. The number of fused-ring (bicyclic) bond motifs is 1. The van der Waals surface area contributed by atoms with Crippen LogP contribution >= 0.6 is 11.6 Å². The van der Waals surface area contributed by atoms with E-state index in [2.05, 4.69) is 5.32 Å². The van der Waals surface area contributed by atoms with Crippen molar-refractivity contribution in [2.24, 2.45) is 0 Å². The third-order valence-electron chi connectivity index (χ3n) is 7.63. The summed E-state index contributed by atoms with van der Waals surface area (Å²) >= 11 is 6.34. The zero-order valence-electron chi connectivity index (χ0n) is 23.0. The summed E-state index contributed by atoms with van der Waals surface area (Å²) in [6.07, 6.45) is -1.52. The fourth-order valence-corrected chi connectivity index (χ4v) is 8.65. The topological polar surface area (TPSA) is 84.9 Å². The number of amides is 2. The molecule has 6 rings (SSSR count). The van der Waals surface area contributed by atoms with Crippen LogP contribution in [0.2, 0.25) is 4.31 Å². The van der Waals surface area contributed by atoms with Gasteiger partial charge < -0.3 is 0 Å². The molecule has 4 atom stereocenters. The molecule has 1 N–H and O–H groups in total. The van der Waals surface area contributed by atoms with E-state index >= 15 is 0 Å². The van der Waals surface area contributed by atoms with Crippen LogP contribution in [-0.4, -0.2) is 68.4 Å². The number of nitrogens with one attached hydrogen (secondary N) is 1. The van der Waals surface area contributed by atoms with Crippen LogP contribution in [0.25, 0.3) is 0 Å². The Balaban J connectivity index is 1.33. The number of esters is 1. The van der Waals surface area contributed by atoms with Gasteiger partial charge >= 0.3 is 262 Å². The van der Waals surface area contributed by atoms with Gasteiger partial charge in [0.1, 0.15) is 0 Å². The van der Waals surface area contributed by atoms with Gasteiger partial charge in [-0.1, -0.05) is 0 Å². The second kappa shape index (κ2) is 12.7. The van der Waals surface area contributed by atoms with Gasteiger partial charge in [0.05, 0.1) is 0 Å². The van der Waals surface area contributed by atoms with Crippen molar-refractivity contribution >= 4 is 48.8 Å². The molecule has 2 aliphatic rings. The summed E-state index contributed by atoms with van der Waals surface area (Å²) in [5.41, 5.74) is 2.04. The van der Waals surface area contributed by atoms with Crippen molar-refractivity contribution in [3.8, 4) is 0 Å². The van der Waals surface area contributed by atoms with Gasteiger partial charge in [-0.25, -0.2) is 0 Å². The predicted octanol–water partition coefficient (Wildman–Crippen LogP) is 4.11. The van der Waals surface area contributed by atoms with E-state index in [1.807, 2.05) is 97.1 Å².